The van der Waals surface area contributed by atoms with Gasteiger partial charge >= 0.3 is 5.97 Å². The molecule has 26 heavy (non-hydrogen) atoms. The molecule has 4 rings (SSSR count). The van der Waals surface area contributed by atoms with Gasteiger partial charge in [0.15, 0.2) is 5.78 Å². The number of Topliss-reactive ketones (excluding diaryl/α,β-unsaturated/α-hetero) is 1. The van der Waals surface area contributed by atoms with Crippen molar-refractivity contribution in [2.24, 2.45) is 0 Å². The molecule has 0 saturated heterocycles. The van der Waals surface area contributed by atoms with Crippen LogP contribution in [0.25, 0.3) is 0 Å². The summed E-state index contributed by atoms with van der Waals surface area (Å²) in [7, 11) is 1.75. The topological polar surface area (TPSA) is 84.0 Å². The predicted molar refractivity (Wildman–Crippen MR) is 92.6 cm³/mol. The van der Waals surface area contributed by atoms with Gasteiger partial charge in [-0.3, -0.25) is 19.3 Å². The lowest BCUT2D eigenvalue weighted by atomic mass is 9.96. The zero-order valence-electron chi connectivity index (χ0n) is 14.6. The number of anilines is 2. The van der Waals surface area contributed by atoms with E-state index in [9.17, 15) is 19.2 Å². The van der Waals surface area contributed by atoms with Gasteiger partial charge in [0.05, 0.1) is 18.4 Å². The number of hydrogen-bond donors (Lipinski definition) is 0. The van der Waals surface area contributed by atoms with Crippen LogP contribution < -0.4 is 9.80 Å². The summed E-state index contributed by atoms with van der Waals surface area (Å²) in [6.07, 6.45) is 2.45. The summed E-state index contributed by atoms with van der Waals surface area (Å²) in [5.74, 6) is -1.61. The third-order valence-corrected chi connectivity index (χ3v) is 5.23. The summed E-state index contributed by atoms with van der Waals surface area (Å²) in [5, 5.41) is 0. The average molecular weight is 354 g/mol. The number of rotatable bonds is 3. The van der Waals surface area contributed by atoms with Crippen LogP contribution >= 0.6 is 0 Å². The number of esters is 1. The van der Waals surface area contributed by atoms with Gasteiger partial charge < -0.3 is 9.64 Å². The average Bonchev–Trinajstić information content (AvgIpc) is 3.38. The summed E-state index contributed by atoms with van der Waals surface area (Å²) in [4.78, 5) is 51.8. The predicted octanol–water partition coefficient (Wildman–Crippen LogP) is 1.45. The number of hydrogen-bond acceptors (Lipinski definition) is 5. The molecule has 3 aliphatic rings. The zero-order chi connectivity index (χ0) is 18.6. The Morgan fingerprint density at radius 2 is 1.96 bits per heavy atom. The highest BCUT2D eigenvalue weighted by atomic mass is 16.5. The molecule has 0 N–H and O–H groups in total. The summed E-state index contributed by atoms with van der Waals surface area (Å²) in [6.45, 7) is 1.80. The highest BCUT2D eigenvalue weighted by Crippen LogP contribution is 2.57. The summed E-state index contributed by atoms with van der Waals surface area (Å²) < 4.78 is 4.90. The molecule has 7 nitrogen and oxygen atoms in total. The van der Waals surface area contributed by atoms with Crippen LogP contribution in [0.1, 0.15) is 31.7 Å². The van der Waals surface area contributed by atoms with Crippen molar-refractivity contribution in [3.05, 3.63) is 35.5 Å². The van der Waals surface area contributed by atoms with E-state index in [0.29, 0.717) is 5.69 Å². The van der Waals surface area contributed by atoms with Crippen molar-refractivity contribution in [3.8, 4) is 0 Å². The number of nitrogens with zero attached hydrogens (tertiary/aromatic N) is 2. The second-order valence-corrected chi connectivity index (χ2v) is 6.77. The number of fused-ring (bicyclic) bond motifs is 2. The zero-order valence-corrected chi connectivity index (χ0v) is 14.6. The van der Waals surface area contributed by atoms with Crippen LogP contribution in [0, 0.1) is 0 Å². The minimum Gasteiger partial charge on any atom is -0.462 e. The third-order valence-electron chi connectivity index (χ3n) is 5.23. The minimum absolute atomic E-state index is 0.0764. The van der Waals surface area contributed by atoms with E-state index < -0.39 is 23.1 Å². The van der Waals surface area contributed by atoms with Gasteiger partial charge in [0.1, 0.15) is 5.57 Å². The molecule has 0 atom stereocenters. The largest absolute Gasteiger partial charge is 0.462 e. The van der Waals surface area contributed by atoms with Crippen molar-refractivity contribution in [1.29, 1.82) is 0 Å². The molecule has 2 heterocycles. The number of amides is 2. The number of benzene rings is 1. The Hall–Kier alpha value is -2.96. The molecule has 134 valence electrons. The summed E-state index contributed by atoms with van der Waals surface area (Å²) in [5.41, 5.74) is 1.67. The molecule has 0 radical (unpaired) electrons. The molecular formula is C19H18N2O5. The Bertz CT molecular complexity index is 897. The summed E-state index contributed by atoms with van der Waals surface area (Å²) >= 11 is 0. The Kier molecular flexibility index (Phi) is 3.50. The number of carbonyl (C=O) groups is 4. The van der Waals surface area contributed by atoms with Crippen LogP contribution in [-0.2, 0) is 29.3 Å². The molecule has 1 fully saturated rings. The molecule has 0 unspecified atom stereocenters. The molecule has 1 aromatic rings. The Balaban J connectivity index is 1.75. The highest BCUT2D eigenvalue weighted by Gasteiger charge is 2.58. The van der Waals surface area contributed by atoms with Crippen molar-refractivity contribution < 1.29 is 23.9 Å². The molecule has 7 heteroatoms. The SMILES string of the molecule is CCOC(=O)C1=CN(c2ccc3c(c2)C2(CC2)C(=O)N3C)C(=O)CC1=O. The van der Waals surface area contributed by atoms with Gasteiger partial charge in [0, 0.05) is 24.6 Å². The van der Waals surface area contributed by atoms with Crippen LogP contribution in [0.15, 0.2) is 30.0 Å². The van der Waals surface area contributed by atoms with Crippen molar-refractivity contribution >= 4 is 34.9 Å². The lowest BCUT2D eigenvalue weighted by Crippen LogP contribution is -2.35. The van der Waals surface area contributed by atoms with E-state index >= 15 is 0 Å². The highest BCUT2D eigenvalue weighted by molar-refractivity contribution is 6.26. The molecule has 1 saturated carbocycles. The summed E-state index contributed by atoms with van der Waals surface area (Å²) in [6, 6.07) is 5.34. The van der Waals surface area contributed by atoms with Crippen molar-refractivity contribution in [1.82, 2.24) is 0 Å². The van der Waals surface area contributed by atoms with Gasteiger partial charge in [-0.1, -0.05) is 0 Å². The number of likely N-dealkylation sites (N-methyl/N-ethyl adjacent to an activating group) is 1. The fourth-order valence-corrected chi connectivity index (χ4v) is 3.69. The molecule has 2 amide bonds. The molecule has 1 aromatic carbocycles. The van der Waals surface area contributed by atoms with Gasteiger partial charge in [-0.25, -0.2) is 4.79 Å². The third kappa shape index (κ3) is 2.20. The smallest absolute Gasteiger partial charge is 0.343 e. The van der Waals surface area contributed by atoms with Gasteiger partial charge in [0.2, 0.25) is 11.8 Å². The van der Waals surface area contributed by atoms with Gasteiger partial charge in [0.25, 0.3) is 0 Å². The van der Waals surface area contributed by atoms with E-state index in [1.54, 1.807) is 31.0 Å². The quantitative estimate of drug-likeness (QED) is 0.466. The fourth-order valence-electron chi connectivity index (χ4n) is 3.69. The van der Waals surface area contributed by atoms with Crippen molar-refractivity contribution in [3.63, 3.8) is 0 Å². The van der Waals surface area contributed by atoms with Gasteiger partial charge in [-0.15, -0.1) is 0 Å². The Morgan fingerprint density at radius 3 is 2.62 bits per heavy atom. The van der Waals surface area contributed by atoms with Crippen molar-refractivity contribution in [2.45, 2.75) is 31.6 Å². The van der Waals surface area contributed by atoms with Crippen LogP contribution in [-0.4, -0.2) is 37.2 Å². The lowest BCUT2D eigenvalue weighted by molar-refractivity contribution is -0.140. The van der Waals surface area contributed by atoms with Gasteiger partial charge in [-0.05, 0) is 43.5 Å². The van der Waals surface area contributed by atoms with Crippen LogP contribution in [0.4, 0.5) is 11.4 Å². The van der Waals surface area contributed by atoms with Gasteiger partial charge in [-0.2, -0.15) is 0 Å². The Labute approximate surface area is 150 Å². The van der Waals surface area contributed by atoms with Crippen LogP contribution in [0.5, 0.6) is 0 Å². The van der Waals surface area contributed by atoms with E-state index in [1.807, 2.05) is 6.07 Å². The first-order valence-electron chi connectivity index (χ1n) is 8.56. The van der Waals surface area contributed by atoms with E-state index in [0.717, 1.165) is 24.1 Å². The van der Waals surface area contributed by atoms with E-state index in [2.05, 4.69) is 0 Å². The molecule has 2 aliphatic heterocycles. The maximum atomic E-state index is 12.5. The van der Waals surface area contributed by atoms with Crippen molar-refractivity contribution in [2.75, 3.05) is 23.5 Å². The van der Waals surface area contributed by atoms with E-state index in [1.165, 1.54) is 11.1 Å². The number of carbonyl (C=O) groups excluding carboxylic acids is 4. The van der Waals surface area contributed by atoms with E-state index in [-0.39, 0.29) is 24.5 Å². The standard InChI is InChI=1S/C19H18N2O5/c1-3-26-17(24)12-10-21(16(23)9-15(12)22)11-4-5-14-13(8-11)19(6-7-19)18(25)20(14)2/h4-5,8,10H,3,6-7,9H2,1-2H3. The molecule has 0 aromatic heterocycles. The molecule has 1 spiro atoms. The Morgan fingerprint density at radius 1 is 1.23 bits per heavy atom. The van der Waals surface area contributed by atoms with Crippen LogP contribution in [0.2, 0.25) is 0 Å². The maximum absolute atomic E-state index is 12.5. The normalized spacial score (nSPS) is 20.4. The molecule has 0 bridgehead atoms. The first-order chi connectivity index (χ1) is 12.4. The first-order valence-corrected chi connectivity index (χ1v) is 8.56. The lowest BCUT2D eigenvalue weighted by Gasteiger charge is -2.24. The second kappa shape index (κ2) is 5.52. The fraction of sp³-hybridized carbons (Fsp3) is 0.368. The van der Waals surface area contributed by atoms with Crippen LogP contribution in [0.3, 0.4) is 0 Å². The maximum Gasteiger partial charge on any atom is 0.343 e. The number of ether oxygens (including phenoxy) is 1. The van der Waals surface area contributed by atoms with E-state index in [4.69, 9.17) is 4.74 Å². The first kappa shape index (κ1) is 16.5. The monoisotopic (exact) mass is 354 g/mol. The number of ketones is 1. The minimum atomic E-state index is -0.732. The molecule has 1 aliphatic carbocycles. The second-order valence-electron chi connectivity index (χ2n) is 6.77. The molecular weight excluding hydrogens is 336 g/mol.